The first-order valence-electron chi connectivity index (χ1n) is 11.5. The molecule has 4 rings (SSSR count). The molecule has 2 aliphatic rings. The summed E-state index contributed by atoms with van der Waals surface area (Å²) in [5.41, 5.74) is 2.23. The van der Waals surface area contributed by atoms with Crippen LogP contribution >= 0.6 is 0 Å². The van der Waals surface area contributed by atoms with Crippen molar-refractivity contribution in [2.75, 3.05) is 19.7 Å². The lowest BCUT2D eigenvalue weighted by molar-refractivity contribution is -0.144. The highest BCUT2D eigenvalue weighted by Crippen LogP contribution is 2.44. The molecule has 2 aromatic carbocycles. The number of carboxylic acid groups (broad SMARTS) is 1. The van der Waals surface area contributed by atoms with Gasteiger partial charge < -0.3 is 25.6 Å². The Morgan fingerprint density at radius 1 is 1.03 bits per heavy atom. The second kappa shape index (κ2) is 9.46. The normalized spacial score (nSPS) is 17.5. The van der Waals surface area contributed by atoms with Crippen LogP contribution in [0.5, 0.6) is 0 Å². The lowest BCUT2D eigenvalue weighted by Crippen LogP contribution is -2.55. The standard InChI is InChI=1S/C26H30N2O6/c1-25(33,13-22(29)30)15-27-23(31)26(11-6-12-26)16-28-24(32)34-14-21-19-9-4-2-7-17(19)18-8-3-5-10-20(18)21/h2-5,7-10,21,33H,6,11-16H2,1H3,(H,27,31)(H,28,32)(H,29,30). The maximum atomic E-state index is 12.8. The van der Waals surface area contributed by atoms with E-state index >= 15 is 0 Å². The van der Waals surface area contributed by atoms with Crippen molar-refractivity contribution in [1.82, 2.24) is 10.6 Å². The van der Waals surface area contributed by atoms with E-state index in [9.17, 15) is 19.5 Å². The van der Waals surface area contributed by atoms with Gasteiger partial charge in [-0.15, -0.1) is 0 Å². The first kappa shape index (κ1) is 23.8. The number of rotatable bonds is 9. The molecule has 8 nitrogen and oxygen atoms in total. The molecular formula is C26H30N2O6. The van der Waals surface area contributed by atoms with Crippen LogP contribution in [0.25, 0.3) is 11.1 Å². The molecule has 0 saturated heterocycles. The van der Waals surface area contributed by atoms with Crippen LogP contribution in [0.15, 0.2) is 48.5 Å². The highest BCUT2D eigenvalue weighted by molar-refractivity contribution is 5.84. The molecule has 1 atom stereocenters. The molecule has 0 aliphatic heterocycles. The van der Waals surface area contributed by atoms with Gasteiger partial charge in [-0.05, 0) is 42.0 Å². The summed E-state index contributed by atoms with van der Waals surface area (Å²) in [6.07, 6.45) is 0.996. The highest BCUT2D eigenvalue weighted by atomic mass is 16.5. The number of carboxylic acids is 1. The number of hydrogen-bond donors (Lipinski definition) is 4. The van der Waals surface area contributed by atoms with Crippen LogP contribution in [0.2, 0.25) is 0 Å². The molecule has 0 radical (unpaired) electrons. The number of benzene rings is 2. The Labute approximate surface area is 198 Å². The van der Waals surface area contributed by atoms with E-state index in [1.165, 1.54) is 6.92 Å². The van der Waals surface area contributed by atoms with Crippen molar-refractivity contribution in [2.45, 2.75) is 44.1 Å². The van der Waals surface area contributed by atoms with Gasteiger partial charge in [-0.2, -0.15) is 0 Å². The van der Waals surface area contributed by atoms with Gasteiger partial charge in [0.1, 0.15) is 6.61 Å². The Balaban J connectivity index is 1.31. The number of aliphatic hydroxyl groups is 1. The van der Waals surface area contributed by atoms with Crippen LogP contribution in [-0.2, 0) is 14.3 Å². The van der Waals surface area contributed by atoms with E-state index in [2.05, 4.69) is 22.8 Å². The summed E-state index contributed by atoms with van der Waals surface area (Å²) in [6.45, 7) is 1.50. The van der Waals surface area contributed by atoms with Crippen molar-refractivity contribution in [1.29, 1.82) is 0 Å². The minimum Gasteiger partial charge on any atom is -0.481 e. The van der Waals surface area contributed by atoms with E-state index in [0.717, 1.165) is 28.7 Å². The maximum absolute atomic E-state index is 12.8. The smallest absolute Gasteiger partial charge is 0.407 e. The van der Waals surface area contributed by atoms with Crippen LogP contribution in [0.1, 0.15) is 49.7 Å². The second-order valence-corrected chi connectivity index (χ2v) is 9.56. The van der Waals surface area contributed by atoms with Crippen molar-refractivity contribution in [3.8, 4) is 11.1 Å². The van der Waals surface area contributed by atoms with E-state index in [1.807, 2.05) is 36.4 Å². The van der Waals surface area contributed by atoms with Gasteiger partial charge in [0.25, 0.3) is 0 Å². The maximum Gasteiger partial charge on any atom is 0.407 e. The number of fused-ring (bicyclic) bond motifs is 3. The van der Waals surface area contributed by atoms with E-state index in [1.54, 1.807) is 0 Å². The Morgan fingerprint density at radius 2 is 1.62 bits per heavy atom. The van der Waals surface area contributed by atoms with Gasteiger partial charge in [-0.1, -0.05) is 55.0 Å². The lowest BCUT2D eigenvalue weighted by atomic mass is 9.68. The summed E-state index contributed by atoms with van der Waals surface area (Å²) in [4.78, 5) is 36.1. The third-order valence-corrected chi connectivity index (χ3v) is 6.87. The van der Waals surface area contributed by atoms with E-state index in [-0.39, 0.29) is 31.5 Å². The molecule has 180 valence electrons. The van der Waals surface area contributed by atoms with Gasteiger partial charge in [-0.25, -0.2) is 4.79 Å². The fraction of sp³-hybridized carbons (Fsp3) is 0.423. The van der Waals surface area contributed by atoms with E-state index in [4.69, 9.17) is 9.84 Å². The molecule has 1 fully saturated rings. The fourth-order valence-corrected chi connectivity index (χ4v) is 4.82. The number of aliphatic carboxylic acids is 1. The number of hydrogen-bond acceptors (Lipinski definition) is 5. The van der Waals surface area contributed by atoms with Gasteiger partial charge in [0.15, 0.2) is 0 Å². The summed E-state index contributed by atoms with van der Waals surface area (Å²) in [6, 6.07) is 16.2. The van der Waals surface area contributed by atoms with Gasteiger partial charge in [0, 0.05) is 19.0 Å². The Kier molecular flexibility index (Phi) is 6.61. The summed E-state index contributed by atoms with van der Waals surface area (Å²) in [5, 5.41) is 24.4. The first-order chi connectivity index (χ1) is 16.2. The monoisotopic (exact) mass is 466 g/mol. The summed E-state index contributed by atoms with van der Waals surface area (Å²) in [7, 11) is 0. The SMILES string of the molecule is CC(O)(CNC(=O)C1(CNC(=O)OCC2c3ccccc3-c3ccccc32)CCC1)CC(=O)O. The van der Waals surface area contributed by atoms with E-state index < -0.39 is 29.5 Å². The molecule has 0 spiro atoms. The topological polar surface area (TPSA) is 125 Å². The van der Waals surface area contributed by atoms with Crippen molar-refractivity contribution < 1.29 is 29.3 Å². The molecule has 8 heteroatoms. The lowest BCUT2D eigenvalue weighted by Gasteiger charge is -2.40. The molecule has 2 amide bonds. The predicted octanol–water partition coefficient (Wildman–Crippen LogP) is 3.04. The zero-order valence-electron chi connectivity index (χ0n) is 19.2. The zero-order valence-corrected chi connectivity index (χ0v) is 19.2. The Morgan fingerprint density at radius 3 is 2.15 bits per heavy atom. The number of carbonyl (C=O) groups excluding carboxylic acids is 2. The van der Waals surface area contributed by atoms with Crippen molar-refractivity contribution in [3.05, 3.63) is 59.7 Å². The third kappa shape index (κ3) is 4.92. The molecule has 2 aromatic rings. The van der Waals surface area contributed by atoms with Crippen molar-refractivity contribution >= 4 is 18.0 Å². The quantitative estimate of drug-likeness (QED) is 0.450. The molecule has 2 aliphatic carbocycles. The van der Waals surface area contributed by atoms with Crippen LogP contribution in [-0.4, -0.2) is 53.5 Å². The average Bonchev–Trinajstić information content (AvgIpc) is 3.08. The number of carbonyl (C=O) groups is 3. The predicted molar refractivity (Wildman–Crippen MR) is 125 cm³/mol. The fourth-order valence-electron chi connectivity index (χ4n) is 4.82. The molecule has 0 bridgehead atoms. The second-order valence-electron chi connectivity index (χ2n) is 9.56. The van der Waals surface area contributed by atoms with Gasteiger partial charge in [0.2, 0.25) is 5.91 Å². The number of amides is 2. The summed E-state index contributed by atoms with van der Waals surface area (Å²) >= 11 is 0. The Bertz CT molecular complexity index is 1050. The first-order valence-corrected chi connectivity index (χ1v) is 11.5. The van der Waals surface area contributed by atoms with Gasteiger partial charge in [-0.3, -0.25) is 9.59 Å². The summed E-state index contributed by atoms with van der Waals surface area (Å²) in [5.74, 6) is -1.49. The zero-order chi connectivity index (χ0) is 24.3. The molecular weight excluding hydrogens is 436 g/mol. The van der Waals surface area contributed by atoms with Crippen molar-refractivity contribution in [2.24, 2.45) is 5.41 Å². The average molecular weight is 467 g/mol. The number of ether oxygens (including phenoxy) is 1. The van der Waals surface area contributed by atoms with Crippen LogP contribution in [0, 0.1) is 5.41 Å². The highest BCUT2D eigenvalue weighted by Gasteiger charge is 2.45. The molecule has 0 aromatic heterocycles. The third-order valence-electron chi connectivity index (χ3n) is 6.87. The van der Waals surface area contributed by atoms with Gasteiger partial charge >= 0.3 is 12.1 Å². The number of nitrogens with one attached hydrogen (secondary N) is 2. The summed E-state index contributed by atoms with van der Waals surface area (Å²) < 4.78 is 5.55. The molecule has 1 unspecified atom stereocenters. The number of alkyl carbamates (subject to hydrolysis) is 1. The molecule has 1 saturated carbocycles. The minimum absolute atomic E-state index is 0.0458. The van der Waals surface area contributed by atoms with Crippen LogP contribution < -0.4 is 10.6 Å². The van der Waals surface area contributed by atoms with E-state index in [0.29, 0.717) is 12.8 Å². The minimum atomic E-state index is -1.55. The Hall–Kier alpha value is -3.39. The largest absolute Gasteiger partial charge is 0.481 e. The molecule has 34 heavy (non-hydrogen) atoms. The van der Waals surface area contributed by atoms with Crippen LogP contribution in [0.3, 0.4) is 0 Å². The van der Waals surface area contributed by atoms with Gasteiger partial charge in [0.05, 0.1) is 17.4 Å². The van der Waals surface area contributed by atoms with Crippen LogP contribution in [0.4, 0.5) is 4.79 Å². The molecule has 4 N–H and O–H groups in total. The molecule has 0 heterocycles. The van der Waals surface area contributed by atoms with Crippen molar-refractivity contribution in [3.63, 3.8) is 0 Å².